The molecule has 0 bridgehead atoms. The quantitative estimate of drug-likeness (QED) is 0.385. The number of anilines is 1. The van der Waals surface area contributed by atoms with Gasteiger partial charge in [-0.2, -0.15) is 0 Å². The molecule has 0 unspecified atom stereocenters. The van der Waals surface area contributed by atoms with Gasteiger partial charge in [-0.25, -0.2) is 8.42 Å². The van der Waals surface area contributed by atoms with Gasteiger partial charge in [0.05, 0.1) is 10.6 Å². The summed E-state index contributed by atoms with van der Waals surface area (Å²) in [5.41, 5.74) is 2.29. The summed E-state index contributed by atoms with van der Waals surface area (Å²) >= 11 is 0. The van der Waals surface area contributed by atoms with Crippen LogP contribution in [0.4, 0.5) is 5.69 Å². The van der Waals surface area contributed by atoms with E-state index < -0.39 is 28.5 Å². The number of para-hydroxylation sites is 1. The molecule has 0 aliphatic heterocycles. The van der Waals surface area contributed by atoms with Crippen molar-refractivity contribution in [3.8, 4) is 0 Å². The number of nitrogens with zero attached hydrogens (tertiary/aromatic N) is 2. The molecule has 1 saturated carbocycles. The van der Waals surface area contributed by atoms with E-state index in [-0.39, 0.29) is 23.4 Å². The van der Waals surface area contributed by atoms with Crippen molar-refractivity contribution >= 4 is 27.5 Å². The van der Waals surface area contributed by atoms with Gasteiger partial charge < -0.3 is 10.2 Å². The van der Waals surface area contributed by atoms with Crippen LogP contribution in [0.15, 0.2) is 89.8 Å². The Morgan fingerprint density at radius 3 is 2.18 bits per heavy atom. The van der Waals surface area contributed by atoms with E-state index in [0.717, 1.165) is 41.1 Å². The van der Waals surface area contributed by atoms with Crippen LogP contribution in [0, 0.1) is 6.92 Å². The molecule has 1 atom stereocenters. The molecule has 0 spiro atoms. The van der Waals surface area contributed by atoms with Crippen LogP contribution in [0.2, 0.25) is 0 Å². The second kappa shape index (κ2) is 12.9. The summed E-state index contributed by atoms with van der Waals surface area (Å²) < 4.78 is 28.6. The standard InChI is InChI=1S/C31H37N3O4S/c1-24-13-12-14-26(21-24)22-33(25(2)31(36)32-27-15-6-3-7-16-27)30(35)23-34(28-17-8-4-9-18-28)39(37,38)29-19-10-5-11-20-29/h4-5,8-14,17-21,25,27H,3,6-7,15-16,22-23H2,1-2H3,(H,32,36)/t25-/m1/s1. The number of amides is 2. The van der Waals surface area contributed by atoms with Crippen LogP contribution in [0.25, 0.3) is 0 Å². The van der Waals surface area contributed by atoms with Crippen LogP contribution < -0.4 is 9.62 Å². The van der Waals surface area contributed by atoms with Gasteiger partial charge in [-0.3, -0.25) is 13.9 Å². The second-order valence-corrected chi connectivity index (χ2v) is 12.1. The Kier molecular flexibility index (Phi) is 9.41. The lowest BCUT2D eigenvalue weighted by molar-refractivity contribution is -0.139. The van der Waals surface area contributed by atoms with Gasteiger partial charge in [-0.1, -0.05) is 85.5 Å². The lowest BCUT2D eigenvalue weighted by atomic mass is 9.95. The third-order valence-corrected chi connectivity index (χ3v) is 9.00. The average molecular weight is 548 g/mol. The molecule has 2 amide bonds. The molecule has 3 aromatic carbocycles. The molecular formula is C31H37N3O4S. The molecule has 0 saturated heterocycles. The van der Waals surface area contributed by atoms with Gasteiger partial charge in [0.2, 0.25) is 11.8 Å². The van der Waals surface area contributed by atoms with E-state index in [4.69, 9.17) is 0 Å². The largest absolute Gasteiger partial charge is 0.352 e. The number of aryl methyl sites for hydroxylation is 1. The van der Waals surface area contributed by atoms with E-state index >= 15 is 0 Å². The fourth-order valence-corrected chi connectivity index (χ4v) is 6.44. The molecule has 8 heteroatoms. The maximum atomic E-state index is 14.0. The maximum Gasteiger partial charge on any atom is 0.264 e. The number of carbonyl (C=O) groups is 2. The average Bonchev–Trinajstić information content (AvgIpc) is 2.95. The predicted octanol–water partition coefficient (Wildman–Crippen LogP) is 5.06. The lowest BCUT2D eigenvalue weighted by Crippen LogP contribution is -2.53. The van der Waals surface area contributed by atoms with Gasteiger partial charge in [0.25, 0.3) is 10.0 Å². The fourth-order valence-electron chi connectivity index (χ4n) is 5.00. The van der Waals surface area contributed by atoms with E-state index in [1.54, 1.807) is 55.5 Å². The van der Waals surface area contributed by atoms with E-state index in [0.29, 0.717) is 5.69 Å². The predicted molar refractivity (Wildman–Crippen MR) is 154 cm³/mol. The summed E-state index contributed by atoms with van der Waals surface area (Å²) in [6.45, 7) is 3.44. The van der Waals surface area contributed by atoms with Crippen molar-refractivity contribution in [3.05, 3.63) is 96.1 Å². The molecule has 0 aromatic heterocycles. The number of carbonyl (C=O) groups excluding carboxylic acids is 2. The van der Waals surface area contributed by atoms with Gasteiger partial charge in [0, 0.05) is 12.6 Å². The zero-order valence-corrected chi connectivity index (χ0v) is 23.4. The zero-order chi connectivity index (χ0) is 27.8. The van der Waals surface area contributed by atoms with E-state index in [1.165, 1.54) is 23.5 Å². The highest BCUT2D eigenvalue weighted by Gasteiger charge is 2.33. The number of hydrogen-bond acceptors (Lipinski definition) is 4. The summed E-state index contributed by atoms with van der Waals surface area (Å²) in [6.07, 6.45) is 5.19. The van der Waals surface area contributed by atoms with E-state index in [9.17, 15) is 18.0 Å². The molecule has 3 aromatic rings. The first-order valence-corrected chi connectivity index (χ1v) is 15.0. The van der Waals surface area contributed by atoms with Crippen molar-refractivity contribution in [2.24, 2.45) is 0 Å². The van der Waals surface area contributed by atoms with Gasteiger partial charge >= 0.3 is 0 Å². The Morgan fingerprint density at radius 1 is 0.897 bits per heavy atom. The summed E-state index contributed by atoms with van der Waals surface area (Å²) in [4.78, 5) is 28.9. The zero-order valence-electron chi connectivity index (χ0n) is 22.6. The van der Waals surface area contributed by atoms with E-state index in [2.05, 4.69) is 5.32 Å². The van der Waals surface area contributed by atoms with Crippen molar-refractivity contribution in [1.29, 1.82) is 0 Å². The highest BCUT2D eigenvalue weighted by molar-refractivity contribution is 7.92. The number of hydrogen-bond donors (Lipinski definition) is 1. The molecule has 1 N–H and O–H groups in total. The highest BCUT2D eigenvalue weighted by atomic mass is 32.2. The number of benzene rings is 3. The molecule has 206 valence electrons. The van der Waals surface area contributed by atoms with Gasteiger partial charge in [-0.15, -0.1) is 0 Å². The lowest BCUT2D eigenvalue weighted by Gasteiger charge is -2.33. The summed E-state index contributed by atoms with van der Waals surface area (Å²) in [5, 5.41) is 3.13. The van der Waals surface area contributed by atoms with Crippen LogP contribution in [-0.2, 0) is 26.2 Å². The molecular weight excluding hydrogens is 510 g/mol. The molecule has 7 nitrogen and oxygen atoms in total. The van der Waals surface area contributed by atoms with Crippen LogP contribution in [0.5, 0.6) is 0 Å². The minimum absolute atomic E-state index is 0.0926. The molecule has 0 radical (unpaired) electrons. The molecule has 1 fully saturated rings. The Balaban J connectivity index is 1.65. The fraction of sp³-hybridized carbons (Fsp3) is 0.355. The van der Waals surface area contributed by atoms with Crippen LogP contribution in [-0.4, -0.2) is 43.8 Å². The van der Waals surface area contributed by atoms with E-state index in [1.807, 2.05) is 31.2 Å². The number of sulfonamides is 1. The van der Waals surface area contributed by atoms with Crippen LogP contribution in [0.3, 0.4) is 0 Å². The molecule has 4 rings (SSSR count). The molecule has 1 aliphatic rings. The van der Waals surface area contributed by atoms with Gasteiger partial charge in [-0.05, 0) is 56.5 Å². The van der Waals surface area contributed by atoms with Crippen molar-refractivity contribution in [3.63, 3.8) is 0 Å². The normalized spacial score (nSPS) is 14.8. The SMILES string of the molecule is Cc1cccc(CN(C(=O)CN(c2ccccc2)S(=O)(=O)c2ccccc2)[C@H](C)C(=O)NC2CCCCC2)c1. The van der Waals surface area contributed by atoms with Crippen LogP contribution in [0.1, 0.15) is 50.2 Å². The topological polar surface area (TPSA) is 86.8 Å². The van der Waals surface area contributed by atoms with Gasteiger partial charge in [0.15, 0.2) is 0 Å². The third kappa shape index (κ3) is 7.26. The molecule has 1 aliphatic carbocycles. The maximum absolute atomic E-state index is 14.0. The Morgan fingerprint density at radius 2 is 1.54 bits per heavy atom. The number of rotatable bonds is 10. The Hall–Kier alpha value is -3.65. The van der Waals surface area contributed by atoms with Crippen molar-refractivity contribution in [2.75, 3.05) is 10.8 Å². The summed E-state index contributed by atoms with van der Waals surface area (Å²) in [5.74, 6) is -0.675. The monoisotopic (exact) mass is 547 g/mol. The van der Waals surface area contributed by atoms with Crippen molar-refractivity contribution < 1.29 is 18.0 Å². The minimum atomic E-state index is -4.05. The number of nitrogens with one attached hydrogen (secondary N) is 1. The van der Waals surface area contributed by atoms with Crippen molar-refractivity contribution in [2.45, 2.75) is 69.5 Å². The third-order valence-electron chi connectivity index (χ3n) is 7.21. The second-order valence-electron chi connectivity index (χ2n) is 10.2. The minimum Gasteiger partial charge on any atom is -0.352 e. The Labute approximate surface area is 231 Å². The molecule has 0 heterocycles. The Bertz CT molecular complexity index is 1360. The van der Waals surface area contributed by atoms with Crippen LogP contribution >= 0.6 is 0 Å². The molecule has 39 heavy (non-hydrogen) atoms. The highest BCUT2D eigenvalue weighted by Crippen LogP contribution is 2.24. The summed E-state index contributed by atoms with van der Waals surface area (Å²) in [6, 6.07) is 23.8. The van der Waals surface area contributed by atoms with Gasteiger partial charge in [0.1, 0.15) is 12.6 Å². The smallest absolute Gasteiger partial charge is 0.264 e. The first-order chi connectivity index (χ1) is 18.8. The summed E-state index contributed by atoms with van der Waals surface area (Å²) in [7, 11) is -4.05. The first-order valence-electron chi connectivity index (χ1n) is 13.5. The first kappa shape index (κ1) is 28.4. The van der Waals surface area contributed by atoms with Crippen molar-refractivity contribution in [1.82, 2.24) is 10.2 Å².